The van der Waals surface area contributed by atoms with Crippen molar-refractivity contribution in [2.24, 2.45) is 29.6 Å². The molecular formula is C30H34N2O6. The van der Waals surface area contributed by atoms with Crippen LogP contribution in [-0.4, -0.2) is 71.4 Å². The number of nitrogens with zero attached hydrogens (tertiary/aromatic N) is 2. The number of carboxylic acid groups (broad SMARTS) is 1. The molecule has 2 aromatic carbocycles. The van der Waals surface area contributed by atoms with Crippen LogP contribution in [0.5, 0.6) is 0 Å². The lowest BCUT2D eigenvalue weighted by molar-refractivity contribution is -0.144. The van der Waals surface area contributed by atoms with Gasteiger partial charge in [-0.15, -0.1) is 0 Å². The molecule has 0 spiro atoms. The van der Waals surface area contributed by atoms with Crippen LogP contribution in [0.15, 0.2) is 48.5 Å². The summed E-state index contributed by atoms with van der Waals surface area (Å²) in [5.74, 6) is -1.68. The van der Waals surface area contributed by atoms with Crippen LogP contribution in [0.4, 0.5) is 9.59 Å². The lowest BCUT2D eigenvalue weighted by Gasteiger charge is -2.26. The molecule has 2 saturated heterocycles. The van der Waals surface area contributed by atoms with Crippen molar-refractivity contribution in [1.82, 2.24) is 9.80 Å². The molecule has 1 saturated carbocycles. The topological polar surface area (TPSA) is 96.4 Å². The monoisotopic (exact) mass is 518 g/mol. The number of aliphatic carboxylic acids is 1. The number of rotatable bonds is 3. The molecule has 1 N–H and O–H groups in total. The Balaban J connectivity index is 1.14. The minimum Gasteiger partial charge on any atom is -0.481 e. The first kappa shape index (κ1) is 24.8. The van der Waals surface area contributed by atoms with Crippen molar-refractivity contribution in [2.75, 3.05) is 32.8 Å². The van der Waals surface area contributed by atoms with Gasteiger partial charge in [-0.05, 0) is 66.7 Å². The number of hydrogen-bond donors (Lipinski definition) is 1. The van der Waals surface area contributed by atoms with Crippen LogP contribution in [0.2, 0.25) is 0 Å². The molecule has 2 heterocycles. The molecule has 2 aliphatic carbocycles. The molecule has 3 fully saturated rings. The zero-order valence-corrected chi connectivity index (χ0v) is 22.0. The van der Waals surface area contributed by atoms with E-state index in [0.29, 0.717) is 26.2 Å². The maximum absolute atomic E-state index is 13.2. The first-order valence-electron chi connectivity index (χ1n) is 13.4. The Morgan fingerprint density at radius 3 is 1.76 bits per heavy atom. The molecule has 2 aliphatic heterocycles. The third-order valence-electron chi connectivity index (χ3n) is 8.83. The van der Waals surface area contributed by atoms with Gasteiger partial charge in [-0.1, -0.05) is 48.5 Å². The van der Waals surface area contributed by atoms with Gasteiger partial charge in [0.05, 0.1) is 5.92 Å². The van der Waals surface area contributed by atoms with Crippen LogP contribution in [-0.2, 0) is 14.3 Å². The zero-order valence-electron chi connectivity index (χ0n) is 22.0. The van der Waals surface area contributed by atoms with Crippen LogP contribution < -0.4 is 0 Å². The number of benzene rings is 2. The summed E-state index contributed by atoms with van der Waals surface area (Å²) in [6, 6.07) is 16.4. The predicted octanol–water partition coefficient (Wildman–Crippen LogP) is 4.68. The molecule has 1 unspecified atom stereocenters. The minimum atomic E-state index is -0.854. The van der Waals surface area contributed by atoms with Gasteiger partial charge in [0.2, 0.25) is 0 Å². The van der Waals surface area contributed by atoms with E-state index < -0.39 is 29.7 Å². The Morgan fingerprint density at radius 2 is 1.26 bits per heavy atom. The van der Waals surface area contributed by atoms with Crippen molar-refractivity contribution in [2.45, 2.75) is 32.3 Å². The molecule has 38 heavy (non-hydrogen) atoms. The van der Waals surface area contributed by atoms with Gasteiger partial charge in [0, 0.05) is 32.1 Å². The van der Waals surface area contributed by atoms with E-state index in [1.165, 1.54) is 11.1 Å². The Bertz CT molecular complexity index is 1240. The third-order valence-corrected chi connectivity index (χ3v) is 8.83. The summed E-state index contributed by atoms with van der Waals surface area (Å²) in [5, 5.41) is 10.1. The summed E-state index contributed by atoms with van der Waals surface area (Å²) < 4.78 is 11.4. The number of hydrogen-bond acceptors (Lipinski definition) is 5. The van der Waals surface area contributed by atoms with E-state index in [-0.39, 0.29) is 36.2 Å². The summed E-state index contributed by atoms with van der Waals surface area (Å²) in [6.45, 7) is 7.37. The van der Waals surface area contributed by atoms with Crippen molar-refractivity contribution in [3.05, 3.63) is 59.7 Å². The number of carbonyl (C=O) groups excluding carboxylic acids is 2. The molecule has 0 radical (unpaired) electrons. The lowest BCUT2D eigenvalue weighted by atomic mass is 9.88. The standard InChI is InChI=1S/C30H34N2O6/c1-30(2,3)38-29(36)32-13-22-21-12-31(14-23(21)26(27(33)34)24(22)15-32)28(35)37-16-25-19-10-6-4-8-17(19)18-9-5-7-11-20(18)25/h4-11,21-26H,12-16H2,1-3H3,(H,33,34)/t21-,22-,23+,24+,26?/m1/s1. The van der Waals surface area contributed by atoms with Crippen LogP contribution >= 0.6 is 0 Å². The summed E-state index contributed by atoms with van der Waals surface area (Å²) in [7, 11) is 0. The van der Waals surface area contributed by atoms with Crippen LogP contribution in [0.1, 0.15) is 37.8 Å². The fourth-order valence-corrected chi connectivity index (χ4v) is 7.37. The smallest absolute Gasteiger partial charge is 0.410 e. The predicted molar refractivity (Wildman–Crippen MR) is 140 cm³/mol. The van der Waals surface area contributed by atoms with Gasteiger partial charge in [-0.2, -0.15) is 0 Å². The van der Waals surface area contributed by atoms with Crippen molar-refractivity contribution in [3.8, 4) is 11.1 Å². The molecule has 6 rings (SSSR count). The Hall–Kier alpha value is -3.55. The second-order valence-electron chi connectivity index (χ2n) is 12.1. The van der Waals surface area contributed by atoms with E-state index in [4.69, 9.17) is 9.47 Å². The van der Waals surface area contributed by atoms with Crippen molar-refractivity contribution >= 4 is 18.2 Å². The van der Waals surface area contributed by atoms with Gasteiger partial charge in [0.15, 0.2) is 0 Å². The first-order chi connectivity index (χ1) is 18.1. The minimum absolute atomic E-state index is 0.0222. The molecule has 2 amide bonds. The number of carbonyl (C=O) groups is 3. The van der Waals surface area contributed by atoms with Gasteiger partial charge < -0.3 is 24.4 Å². The van der Waals surface area contributed by atoms with Crippen molar-refractivity contribution in [1.29, 1.82) is 0 Å². The summed E-state index contributed by atoms with van der Waals surface area (Å²) in [4.78, 5) is 41.6. The van der Waals surface area contributed by atoms with E-state index in [1.54, 1.807) is 9.80 Å². The second kappa shape index (κ2) is 9.03. The highest BCUT2D eigenvalue weighted by Crippen LogP contribution is 2.53. The zero-order chi connectivity index (χ0) is 26.8. The molecule has 8 nitrogen and oxygen atoms in total. The summed E-state index contributed by atoms with van der Waals surface area (Å²) >= 11 is 0. The van der Waals surface area contributed by atoms with Crippen LogP contribution in [0.25, 0.3) is 11.1 Å². The second-order valence-corrected chi connectivity index (χ2v) is 12.1. The third kappa shape index (κ3) is 4.10. The van der Waals surface area contributed by atoms with Crippen molar-refractivity contribution < 1.29 is 29.0 Å². The fourth-order valence-electron chi connectivity index (χ4n) is 7.37. The molecule has 0 bridgehead atoms. The number of ether oxygens (including phenoxy) is 2. The number of fused-ring (bicyclic) bond motifs is 6. The van der Waals surface area contributed by atoms with Gasteiger partial charge >= 0.3 is 18.2 Å². The molecule has 0 aromatic heterocycles. The van der Waals surface area contributed by atoms with E-state index in [0.717, 1.165) is 11.1 Å². The number of amides is 2. The Labute approximate surface area is 222 Å². The van der Waals surface area contributed by atoms with E-state index >= 15 is 0 Å². The fraction of sp³-hybridized carbons (Fsp3) is 0.500. The quantitative estimate of drug-likeness (QED) is 0.634. The first-order valence-corrected chi connectivity index (χ1v) is 13.4. The highest BCUT2D eigenvalue weighted by atomic mass is 16.6. The average Bonchev–Trinajstić information content (AvgIpc) is 3.60. The maximum Gasteiger partial charge on any atom is 0.410 e. The van der Waals surface area contributed by atoms with Gasteiger partial charge in [0.25, 0.3) is 0 Å². The molecule has 8 heteroatoms. The normalized spacial score (nSPS) is 27.5. The SMILES string of the molecule is CC(C)(C)OC(=O)N1C[C@@H]2[C@H]3CN(C(=O)OCC4c5ccccc5-c5ccccc54)C[C@@H]3C(C(=O)O)[C@H]2C1. The molecule has 5 atom stereocenters. The average molecular weight is 519 g/mol. The van der Waals surface area contributed by atoms with Gasteiger partial charge in [0.1, 0.15) is 12.2 Å². The molecular weight excluding hydrogens is 484 g/mol. The number of likely N-dealkylation sites (tertiary alicyclic amines) is 2. The van der Waals surface area contributed by atoms with Crippen LogP contribution in [0, 0.1) is 29.6 Å². The lowest BCUT2D eigenvalue weighted by Crippen LogP contribution is -2.38. The molecule has 4 aliphatic rings. The number of carboxylic acids is 1. The highest BCUT2D eigenvalue weighted by molar-refractivity contribution is 5.79. The summed E-state index contributed by atoms with van der Waals surface area (Å²) in [6.07, 6.45) is -0.803. The van der Waals surface area contributed by atoms with E-state index in [9.17, 15) is 19.5 Å². The molecule has 2 aromatic rings. The maximum atomic E-state index is 13.2. The van der Waals surface area contributed by atoms with Gasteiger partial charge in [-0.25, -0.2) is 9.59 Å². The van der Waals surface area contributed by atoms with Gasteiger partial charge in [-0.3, -0.25) is 4.79 Å². The molecule has 200 valence electrons. The Morgan fingerprint density at radius 1 is 0.789 bits per heavy atom. The Kier molecular flexibility index (Phi) is 5.89. The van der Waals surface area contributed by atoms with Crippen LogP contribution in [0.3, 0.4) is 0 Å². The van der Waals surface area contributed by atoms with Crippen molar-refractivity contribution in [3.63, 3.8) is 0 Å². The summed E-state index contributed by atoms with van der Waals surface area (Å²) in [5.41, 5.74) is 4.04. The highest BCUT2D eigenvalue weighted by Gasteiger charge is 2.61. The largest absolute Gasteiger partial charge is 0.481 e. The van der Waals surface area contributed by atoms with E-state index in [1.807, 2.05) is 45.0 Å². The van der Waals surface area contributed by atoms with E-state index in [2.05, 4.69) is 24.3 Å².